The van der Waals surface area contributed by atoms with E-state index < -0.39 is 6.61 Å². The third-order valence-corrected chi connectivity index (χ3v) is 4.52. The standard InChI is InChI=1S/C16H24F2N2O/c1-4-16(5-2)11-20(12(3)10-19-16)13-6-8-14(9-7-13)21-15(17)18/h6-9,12,15,19H,4-5,10-11H2,1-3H3. The summed E-state index contributed by atoms with van der Waals surface area (Å²) in [6.07, 6.45) is 2.14. The molecule has 1 atom stereocenters. The fraction of sp³-hybridized carbons (Fsp3) is 0.625. The van der Waals surface area contributed by atoms with Gasteiger partial charge in [0.1, 0.15) is 5.75 Å². The number of rotatable bonds is 5. The molecule has 1 N–H and O–H groups in total. The van der Waals surface area contributed by atoms with E-state index >= 15 is 0 Å². The van der Waals surface area contributed by atoms with E-state index in [1.54, 1.807) is 12.1 Å². The second-order valence-electron chi connectivity index (χ2n) is 5.72. The van der Waals surface area contributed by atoms with Gasteiger partial charge >= 0.3 is 6.61 Å². The molecule has 0 aliphatic carbocycles. The summed E-state index contributed by atoms with van der Waals surface area (Å²) in [5.41, 5.74) is 1.18. The van der Waals surface area contributed by atoms with Crippen LogP contribution in [0.15, 0.2) is 24.3 Å². The maximum absolute atomic E-state index is 12.2. The third-order valence-electron chi connectivity index (χ3n) is 4.52. The molecule has 0 aromatic heterocycles. The van der Waals surface area contributed by atoms with Crippen molar-refractivity contribution < 1.29 is 13.5 Å². The van der Waals surface area contributed by atoms with Gasteiger partial charge in [-0.2, -0.15) is 8.78 Å². The third kappa shape index (κ3) is 3.64. The monoisotopic (exact) mass is 298 g/mol. The molecule has 0 amide bonds. The van der Waals surface area contributed by atoms with Gasteiger partial charge in [-0.3, -0.25) is 0 Å². The SMILES string of the molecule is CCC1(CC)CN(c2ccc(OC(F)F)cc2)C(C)CN1. The highest BCUT2D eigenvalue weighted by atomic mass is 19.3. The van der Waals surface area contributed by atoms with Crippen molar-refractivity contribution in [3.63, 3.8) is 0 Å². The molecular formula is C16H24F2N2O. The van der Waals surface area contributed by atoms with Gasteiger partial charge in [0.25, 0.3) is 0 Å². The zero-order valence-corrected chi connectivity index (χ0v) is 12.9. The predicted molar refractivity (Wildman–Crippen MR) is 81.2 cm³/mol. The lowest BCUT2D eigenvalue weighted by molar-refractivity contribution is -0.0498. The van der Waals surface area contributed by atoms with E-state index in [0.717, 1.165) is 31.6 Å². The zero-order valence-electron chi connectivity index (χ0n) is 12.9. The highest BCUT2D eigenvalue weighted by Crippen LogP contribution is 2.29. The number of anilines is 1. The number of halogens is 2. The Morgan fingerprint density at radius 2 is 1.90 bits per heavy atom. The van der Waals surface area contributed by atoms with Crippen molar-refractivity contribution in [1.29, 1.82) is 0 Å². The topological polar surface area (TPSA) is 24.5 Å². The highest BCUT2D eigenvalue weighted by molar-refractivity contribution is 5.51. The summed E-state index contributed by atoms with van der Waals surface area (Å²) in [4.78, 5) is 2.34. The van der Waals surface area contributed by atoms with Crippen LogP contribution in [0.5, 0.6) is 5.75 Å². The van der Waals surface area contributed by atoms with E-state index in [1.165, 1.54) is 0 Å². The first kappa shape index (κ1) is 16.0. The summed E-state index contributed by atoms with van der Waals surface area (Å²) < 4.78 is 28.8. The number of hydrogen-bond donors (Lipinski definition) is 1. The minimum Gasteiger partial charge on any atom is -0.435 e. The molecule has 0 radical (unpaired) electrons. The van der Waals surface area contributed by atoms with Crippen LogP contribution in [-0.4, -0.2) is 31.3 Å². The van der Waals surface area contributed by atoms with Gasteiger partial charge in [0, 0.05) is 30.4 Å². The van der Waals surface area contributed by atoms with Gasteiger partial charge < -0.3 is 15.0 Å². The smallest absolute Gasteiger partial charge is 0.387 e. The van der Waals surface area contributed by atoms with E-state index in [0.29, 0.717) is 6.04 Å². The highest BCUT2D eigenvalue weighted by Gasteiger charge is 2.35. The Labute approximate surface area is 125 Å². The van der Waals surface area contributed by atoms with E-state index in [1.807, 2.05) is 12.1 Å². The minimum atomic E-state index is -2.78. The van der Waals surface area contributed by atoms with Crippen LogP contribution in [0, 0.1) is 0 Å². The normalized spacial score (nSPS) is 21.6. The second-order valence-corrected chi connectivity index (χ2v) is 5.72. The van der Waals surface area contributed by atoms with Gasteiger partial charge in [-0.25, -0.2) is 0 Å². The molecule has 0 bridgehead atoms. The van der Waals surface area contributed by atoms with Crippen molar-refractivity contribution in [2.45, 2.75) is 51.8 Å². The van der Waals surface area contributed by atoms with Crippen molar-refractivity contribution in [3.05, 3.63) is 24.3 Å². The van der Waals surface area contributed by atoms with Gasteiger partial charge in [-0.15, -0.1) is 0 Å². The Balaban J connectivity index is 2.15. The van der Waals surface area contributed by atoms with E-state index in [4.69, 9.17) is 0 Å². The van der Waals surface area contributed by atoms with E-state index in [2.05, 4.69) is 35.7 Å². The lowest BCUT2D eigenvalue weighted by Crippen LogP contribution is -2.63. The number of alkyl halides is 2. The number of ether oxygens (including phenoxy) is 1. The molecule has 1 heterocycles. The number of nitrogens with one attached hydrogen (secondary N) is 1. The summed E-state index contributed by atoms with van der Waals surface area (Å²) in [6.45, 7) is 5.65. The molecule has 1 aromatic carbocycles. The summed E-state index contributed by atoms with van der Waals surface area (Å²) in [5, 5.41) is 3.65. The predicted octanol–water partition coefficient (Wildman–Crippen LogP) is 3.64. The van der Waals surface area contributed by atoms with Crippen molar-refractivity contribution in [2.24, 2.45) is 0 Å². The lowest BCUT2D eigenvalue weighted by atomic mass is 9.88. The molecule has 1 saturated heterocycles. The summed E-state index contributed by atoms with van der Waals surface area (Å²) in [6, 6.07) is 7.30. The summed E-state index contributed by atoms with van der Waals surface area (Å²) in [7, 11) is 0. The van der Waals surface area contributed by atoms with Crippen LogP contribution in [0.25, 0.3) is 0 Å². The molecule has 0 spiro atoms. The van der Waals surface area contributed by atoms with Gasteiger partial charge in [0.15, 0.2) is 0 Å². The first-order valence-corrected chi connectivity index (χ1v) is 7.56. The van der Waals surface area contributed by atoms with Crippen LogP contribution in [0.3, 0.4) is 0 Å². The van der Waals surface area contributed by atoms with Gasteiger partial charge in [0.2, 0.25) is 0 Å². The van der Waals surface area contributed by atoms with Crippen LogP contribution in [-0.2, 0) is 0 Å². The van der Waals surface area contributed by atoms with E-state index in [-0.39, 0.29) is 11.3 Å². The fourth-order valence-electron chi connectivity index (χ4n) is 2.90. The molecule has 1 aliphatic rings. The Kier molecular flexibility index (Phi) is 5.04. The maximum atomic E-state index is 12.2. The molecule has 1 unspecified atom stereocenters. The lowest BCUT2D eigenvalue weighted by Gasteiger charge is -2.47. The molecule has 1 aliphatic heterocycles. The van der Waals surface area contributed by atoms with Crippen molar-refractivity contribution in [3.8, 4) is 5.75 Å². The molecular weight excluding hydrogens is 274 g/mol. The van der Waals surface area contributed by atoms with Gasteiger partial charge in [-0.05, 0) is 44.0 Å². The maximum Gasteiger partial charge on any atom is 0.387 e. The van der Waals surface area contributed by atoms with Gasteiger partial charge in [-0.1, -0.05) is 13.8 Å². The number of nitrogens with zero attached hydrogens (tertiary/aromatic N) is 1. The average Bonchev–Trinajstić information content (AvgIpc) is 2.49. The molecule has 2 rings (SSSR count). The van der Waals surface area contributed by atoms with Crippen molar-refractivity contribution >= 4 is 5.69 Å². The average molecular weight is 298 g/mol. The van der Waals surface area contributed by atoms with Crippen LogP contribution < -0.4 is 15.0 Å². The van der Waals surface area contributed by atoms with Crippen molar-refractivity contribution in [2.75, 3.05) is 18.0 Å². The molecule has 0 saturated carbocycles. The Morgan fingerprint density at radius 1 is 1.29 bits per heavy atom. The quantitative estimate of drug-likeness (QED) is 0.898. The van der Waals surface area contributed by atoms with Crippen LogP contribution >= 0.6 is 0 Å². The Hall–Kier alpha value is -1.36. The number of hydrogen-bond acceptors (Lipinski definition) is 3. The molecule has 1 aromatic rings. The first-order chi connectivity index (χ1) is 9.99. The largest absolute Gasteiger partial charge is 0.435 e. The number of piperazine rings is 1. The van der Waals surface area contributed by atoms with Crippen LogP contribution in [0.4, 0.5) is 14.5 Å². The van der Waals surface area contributed by atoms with Crippen LogP contribution in [0.2, 0.25) is 0 Å². The Morgan fingerprint density at radius 3 is 2.43 bits per heavy atom. The molecule has 3 nitrogen and oxygen atoms in total. The first-order valence-electron chi connectivity index (χ1n) is 7.56. The molecule has 5 heteroatoms. The Bertz CT molecular complexity index is 446. The molecule has 118 valence electrons. The van der Waals surface area contributed by atoms with Crippen molar-refractivity contribution in [1.82, 2.24) is 5.32 Å². The minimum absolute atomic E-state index is 0.130. The van der Waals surface area contributed by atoms with Crippen LogP contribution in [0.1, 0.15) is 33.6 Å². The fourth-order valence-corrected chi connectivity index (χ4v) is 2.90. The number of benzene rings is 1. The molecule has 1 fully saturated rings. The summed E-state index contributed by atoms with van der Waals surface area (Å²) in [5.74, 6) is 0.203. The second kappa shape index (κ2) is 6.60. The molecule has 21 heavy (non-hydrogen) atoms. The van der Waals surface area contributed by atoms with E-state index in [9.17, 15) is 8.78 Å². The zero-order chi connectivity index (χ0) is 15.5. The van der Waals surface area contributed by atoms with Gasteiger partial charge in [0.05, 0.1) is 0 Å². The summed E-state index contributed by atoms with van der Waals surface area (Å²) >= 11 is 0.